The van der Waals surface area contributed by atoms with Crippen LogP contribution in [0.1, 0.15) is 73.6 Å². The molecule has 2 atom stereocenters. The molecule has 0 saturated heterocycles. The van der Waals surface area contributed by atoms with Crippen LogP contribution in [-0.2, 0) is 9.53 Å². The lowest BCUT2D eigenvalue weighted by atomic mass is 10.0. The van der Waals surface area contributed by atoms with Gasteiger partial charge in [-0.15, -0.1) is 0 Å². The van der Waals surface area contributed by atoms with Crippen molar-refractivity contribution in [3.63, 3.8) is 0 Å². The molecule has 1 fully saturated rings. The standard InChI is InChI=1S/C30H31N5O3/c1-4-38-26(36)15-24(20-10-6-5-7-11-20)35-29-25(17-32-28(33-29)21-13-14-21)34(30(35)37)19(3)22-16-31-23-12-8-9-18(2)27(22)23/h5-12,16-17,19,21,24,31H,4,13-15H2,1-3H3. The number of aromatic nitrogens is 5. The zero-order valence-corrected chi connectivity index (χ0v) is 21.8. The van der Waals surface area contributed by atoms with E-state index in [0.29, 0.717) is 17.1 Å². The molecule has 2 unspecified atom stereocenters. The van der Waals surface area contributed by atoms with Crippen molar-refractivity contribution in [2.45, 2.75) is 58.0 Å². The van der Waals surface area contributed by atoms with Gasteiger partial charge in [-0.25, -0.2) is 14.8 Å². The lowest BCUT2D eigenvalue weighted by Gasteiger charge is -2.18. The van der Waals surface area contributed by atoms with E-state index in [-0.39, 0.29) is 30.7 Å². The molecule has 1 saturated carbocycles. The highest BCUT2D eigenvalue weighted by atomic mass is 16.5. The Bertz CT molecular complexity index is 1690. The fourth-order valence-electron chi connectivity index (χ4n) is 5.51. The average molecular weight is 510 g/mol. The number of hydrogen-bond donors (Lipinski definition) is 1. The summed E-state index contributed by atoms with van der Waals surface area (Å²) in [5.74, 6) is 0.716. The molecule has 0 aliphatic heterocycles. The minimum Gasteiger partial charge on any atom is -0.466 e. The number of esters is 1. The second-order valence-corrected chi connectivity index (χ2v) is 10.1. The predicted molar refractivity (Wildman–Crippen MR) is 146 cm³/mol. The number of carbonyl (C=O) groups excluding carboxylic acids is 1. The van der Waals surface area contributed by atoms with Gasteiger partial charge in [-0.1, -0.05) is 42.5 Å². The molecule has 1 N–H and O–H groups in total. The third-order valence-electron chi connectivity index (χ3n) is 7.55. The Morgan fingerprint density at radius 2 is 1.92 bits per heavy atom. The largest absolute Gasteiger partial charge is 0.466 e. The van der Waals surface area contributed by atoms with Crippen molar-refractivity contribution in [2.24, 2.45) is 0 Å². The summed E-state index contributed by atoms with van der Waals surface area (Å²) in [5.41, 5.74) is 5.01. The van der Waals surface area contributed by atoms with Crippen molar-refractivity contribution in [3.8, 4) is 0 Å². The van der Waals surface area contributed by atoms with E-state index in [1.165, 1.54) is 0 Å². The summed E-state index contributed by atoms with van der Waals surface area (Å²) in [6.07, 6.45) is 5.88. The molecule has 0 amide bonds. The fourth-order valence-corrected chi connectivity index (χ4v) is 5.51. The van der Waals surface area contributed by atoms with E-state index in [0.717, 1.165) is 46.3 Å². The molecule has 3 heterocycles. The molecular weight excluding hydrogens is 478 g/mol. The molecule has 8 nitrogen and oxygen atoms in total. The SMILES string of the molecule is CCOC(=O)CC(c1ccccc1)n1c(=O)n(C(C)c2c[nH]c3cccc(C)c23)c2cnc(C3CC3)nc21. The van der Waals surface area contributed by atoms with Gasteiger partial charge in [0, 0.05) is 28.6 Å². The third kappa shape index (κ3) is 4.10. The molecule has 8 heteroatoms. The van der Waals surface area contributed by atoms with Crippen LogP contribution in [0.15, 0.2) is 65.7 Å². The minimum atomic E-state index is -0.564. The normalized spacial score (nSPS) is 15.1. The number of hydrogen-bond acceptors (Lipinski definition) is 5. The molecule has 0 bridgehead atoms. The van der Waals surface area contributed by atoms with E-state index in [1.807, 2.05) is 55.6 Å². The summed E-state index contributed by atoms with van der Waals surface area (Å²) in [6, 6.07) is 14.9. The monoisotopic (exact) mass is 509 g/mol. The van der Waals surface area contributed by atoms with Crippen LogP contribution in [-0.4, -0.2) is 36.7 Å². The molecule has 5 aromatic rings. The van der Waals surface area contributed by atoms with E-state index >= 15 is 0 Å². The quantitative estimate of drug-likeness (QED) is 0.282. The van der Waals surface area contributed by atoms with Gasteiger partial charge in [0.2, 0.25) is 0 Å². The van der Waals surface area contributed by atoms with Gasteiger partial charge in [0.15, 0.2) is 5.65 Å². The minimum absolute atomic E-state index is 0.0280. The maximum Gasteiger partial charge on any atom is 0.331 e. The van der Waals surface area contributed by atoms with Crippen LogP contribution < -0.4 is 5.69 Å². The van der Waals surface area contributed by atoms with Crippen molar-refractivity contribution >= 4 is 28.0 Å². The molecule has 194 valence electrons. The first-order valence-electron chi connectivity index (χ1n) is 13.2. The Hall–Kier alpha value is -4.20. The second kappa shape index (κ2) is 9.59. The Morgan fingerprint density at radius 1 is 1.13 bits per heavy atom. The van der Waals surface area contributed by atoms with Gasteiger partial charge >= 0.3 is 11.7 Å². The average Bonchev–Trinajstić information content (AvgIpc) is 3.61. The van der Waals surface area contributed by atoms with E-state index in [4.69, 9.17) is 9.72 Å². The Balaban J connectivity index is 1.59. The van der Waals surface area contributed by atoms with Gasteiger partial charge in [0.25, 0.3) is 0 Å². The van der Waals surface area contributed by atoms with E-state index in [9.17, 15) is 9.59 Å². The molecule has 6 rings (SSSR count). The number of aryl methyl sites for hydroxylation is 1. The number of nitrogens with one attached hydrogen (secondary N) is 1. The summed E-state index contributed by atoms with van der Waals surface area (Å²) in [7, 11) is 0. The van der Waals surface area contributed by atoms with Crippen LogP contribution in [0, 0.1) is 6.92 Å². The van der Waals surface area contributed by atoms with Crippen molar-refractivity contribution < 1.29 is 9.53 Å². The van der Waals surface area contributed by atoms with Crippen LogP contribution in [0.4, 0.5) is 0 Å². The first kappa shape index (κ1) is 24.2. The molecular formula is C30H31N5O3. The zero-order valence-electron chi connectivity index (χ0n) is 21.8. The summed E-state index contributed by atoms with van der Waals surface area (Å²) < 4.78 is 8.76. The van der Waals surface area contributed by atoms with Gasteiger partial charge in [0.1, 0.15) is 11.3 Å². The maximum absolute atomic E-state index is 14.4. The molecule has 1 aliphatic rings. The van der Waals surface area contributed by atoms with Crippen molar-refractivity contribution in [1.29, 1.82) is 0 Å². The number of nitrogens with zero attached hydrogens (tertiary/aromatic N) is 4. The van der Waals surface area contributed by atoms with Gasteiger partial charge < -0.3 is 9.72 Å². The third-order valence-corrected chi connectivity index (χ3v) is 7.55. The summed E-state index contributed by atoms with van der Waals surface area (Å²) in [6.45, 7) is 6.17. The molecule has 38 heavy (non-hydrogen) atoms. The molecule has 3 aromatic heterocycles. The number of H-pyrrole nitrogens is 1. The van der Waals surface area contributed by atoms with E-state index in [1.54, 1.807) is 22.3 Å². The van der Waals surface area contributed by atoms with Crippen LogP contribution in [0.25, 0.3) is 22.1 Å². The van der Waals surface area contributed by atoms with E-state index < -0.39 is 6.04 Å². The number of imidazole rings is 1. The lowest BCUT2D eigenvalue weighted by molar-refractivity contribution is -0.143. The Labute approximate surface area is 220 Å². The van der Waals surface area contributed by atoms with E-state index in [2.05, 4.69) is 23.0 Å². The molecule has 1 aliphatic carbocycles. The number of ether oxygens (including phenoxy) is 1. The number of rotatable bonds is 8. The summed E-state index contributed by atoms with van der Waals surface area (Å²) in [4.78, 5) is 40.1. The maximum atomic E-state index is 14.4. The highest BCUT2D eigenvalue weighted by Gasteiger charge is 2.32. The Kier molecular flexibility index (Phi) is 6.10. The van der Waals surface area contributed by atoms with Crippen LogP contribution in [0.2, 0.25) is 0 Å². The number of aromatic amines is 1. The molecule has 0 radical (unpaired) electrons. The number of benzene rings is 2. The summed E-state index contributed by atoms with van der Waals surface area (Å²) >= 11 is 0. The highest BCUT2D eigenvalue weighted by molar-refractivity contribution is 5.87. The topological polar surface area (TPSA) is 94.8 Å². The van der Waals surface area contributed by atoms with Gasteiger partial charge in [-0.3, -0.25) is 13.9 Å². The van der Waals surface area contributed by atoms with Gasteiger partial charge in [0.05, 0.1) is 31.3 Å². The number of carbonyl (C=O) groups is 1. The fraction of sp³-hybridized carbons (Fsp3) is 0.333. The predicted octanol–water partition coefficient (Wildman–Crippen LogP) is 5.41. The van der Waals surface area contributed by atoms with Crippen LogP contribution in [0.3, 0.4) is 0 Å². The Morgan fingerprint density at radius 3 is 2.66 bits per heavy atom. The summed E-state index contributed by atoms with van der Waals surface area (Å²) in [5, 5.41) is 1.11. The molecule has 2 aromatic carbocycles. The lowest BCUT2D eigenvalue weighted by Crippen LogP contribution is -2.31. The van der Waals surface area contributed by atoms with Crippen LogP contribution >= 0.6 is 0 Å². The van der Waals surface area contributed by atoms with Crippen molar-refractivity contribution in [3.05, 3.63) is 93.9 Å². The number of fused-ring (bicyclic) bond motifs is 2. The van der Waals surface area contributed by atoms with Gasteiger partial charge in [-0.05, 0) is 50.8 Å². The van der Waals surface area contributed by atoms with Crippen LogP contribution in [0.5, 0.6) is 0 Å². The smallest absolute Gasteiger partial charge is 0.331 e. The first-order chi connectivity index (χ1) is 18.5. The second-order valence-electron chi connectivity index (χ2n) is 10.1. The molecule has 0 spiro atoms. The van der Waals surface area contributed by atoms with Crippen molar-refractivity contribution in [1.82, 2.24) is 24.1 Å². The first-order valence-corrected chi connectivity index (χ1v) is 13.2. The highest BCUT2D eigenvalue weighted by Crippen LogP contribution is 2.39. The zero-order chi connectivity index (χ0) is 26.4. The van der Waals surface area contributed by atoms with Crippen molar-refractivity contribution in [2.75, 3.05) is 6.61 Å². The van der Waals surface area contributed by atoms with Gasteiger partial charge in [-0.2, -0.15) is 0 Å².